The molecular weight excluding hydrogens is 338 g/mol. The highest BCUT2D eigenvalue weighted by Gasteiger charge is 2.22. The Morgan fingerprint density at radius 1 is 1.11 bits per heavy atom. The van der Waals surface area contributed by atoms with Crippen molar-refractivity contribution < 1.29 is 9.53 Å². The summed E-state index contributed by atoms with van der Waals surface area (Å²) in [6, 6.07) is 9.94. The van der Waals surface area contributed by atoms with Crippen molar-refractivity contribution in [2.24, 2.45) is 0 Å². The van der Waals surface area contributed by atoms with Crippen LogP contribution in [0.5, 0.6) is 5.75 Å². The number of carbonyl (C=O) groups is 1. The summed E-state index contributed by atoms with van der Waals surface area (Å²) in [7, 11) is 0. The van der Waals surface area contributed by atoms with Crippen LogP contribution in [0.4, 0.5) is 5.69 Å². The molecule has 5 nitrogen and oxygen atoms in total. The van der Waals surface area contributed by atoms with Crippen LogP contribution in [0.1, 0.15) is 50.0 Å². The molecule has 0 aliphatic heterocycles. The molecule has 0 radical (unpaired) electrons. The Hall–Kier alpha value is -2.56. The molecule has 0 saturated heterocycles. The average Bonchev–Trinajstić information content (AvgIpc) is 2.61. The van der Waals surface area contributed by atoms with E-state index in [2.05, 4.69) is 10.3 Å². The Bertz CT molecular complexity index is 722. The number of anilines is 1. The van der Waals surface area contributed by atoms with Gasteiger partial charge in [-0.05, 0) is 76.9 Å². The first-order valence-electron chi connectivity index (χ1n) is 9.59. The summed E-state index contributed by atoms with van der Waals surface area (Å²) in [6.07, 6.45) is 4.40. The maximum absolute atomic E-state index is 12.9. The quantitative estimate of drug-likeness (QED) is 0.660. The first kappa shape index (κ1) is 20.7. The molecule has 0 aliphatic carbocycles. The molecule has 0 bridgehead atoms. The Kier molecular flexibility index (Phi) is 7.65. The van der Waals surface area contributed by atoms with Crippen LogP contribution < -0.4 is 10.1 Å². The Morgan fingerprint density at radius 3 is 2.41 bits per heavy atom. The van der Waals surface area contributed by atoms with Crippen molar-refractivity contribution >= 4 is 11.6 Å². The molecule has 27 heavy (non-hydrogen) atoms. The van der Waals surface area contributed by atoms with Gasteiger partial charge in [-0.2, -0.15) is 0 Å². The van der Waals surface area contributed by atoms with Crippen molar-refractivity contribution in [3.63, 3.8) is 0 Å². The second-order valence-corrected chi connectivity index (χ2v) is 7.30. The van der Waals surface area contributed by atoms with Crippen LogP contribution in [-0.2, 0) is 0 Å². The van der Waals surface area contributed by atoms with Crippen molar-refractivity contribution in [2.45, 2.75) is 53.1 Å². The molecule has 0 atom stereocenters. The zero-order valence-corrected chi connectivity index (χ0v) is 17.0. The van der Waals surface area contributed by atoms with Crippen LogP contribution in [0.2, 0.25) is 0 Å². The van der Waals surface area contributed by atoms with Crippen LogP contribution in [0.15, 0.2) is 42.7 Å². The number of carbonyl (C=O) groups excluding carboxylic acids is 1. The van der Waals surface area contributed by atoms with E-state index < -0.39 is 0 Å². The number of hydrogen-bond donors (Lipinski definition) is 1. The fourth-order valence-corrected chi connectivity index (χ4v) is 3.13. The van der Waals surface area contributed by atoms with Gasteiger partial charge in [-0.3, -0.25) is 9.78 Å². The Morgan fingerprint density at radius 2 is 1.78 bits per heavy atom. The summed E-state index contributed by atoms with van der Waals surface area (Å²) >= 11 is 0. The van der Waals surface area contributed by atoms with Gasteiger partial charge in [0.1, 0.15) is 5.75 Å². The molecule has 1 amide bonds. The minimum atomic E-state index is 0.0490. The van der Waals surface area contributed by atoms with Crippen LogP contribution in [0.25, 0.3) is 0 Å². The fraction of sp³-hybridized carbons (Fsp3) is 0.455. The molecule has 1 aromatic heterocycles. The lowest BCUT2D eigenvalue weighted by molar-refractivity contribution is 0.0643. The van der Waals surface area contributed by atoms with Crippen LogP contribution in [0.3, 0.4) is 0 Å². The topological polar surface area (TPSA) is 54.5 Å². The number of benzene rings is 1. The van der Waals surface area contributed by atoms with Gasteiger partial charge in [0.05, 0.1) is 6.61 Å². The number of rotatable bonds is 9. The average molecular weight is 370 g/mol. The second kappa shape index (κ2) is 9.95. The molecule has 1 heterocycles. The van der Waals surface area contributed by atoms with Crippen molar-refractivity contribution in [3.8, 4) is 5.75 Å². The summed E-state index contributed by atoms with van der Waals surface area (Å²) < 4.78 is 5.89. The zero-order valence-electron chi connectivity index (χ0n) is 17.0. The number of nitrogens with zero attached hydrogens (tertiary/aromatic N) is 2. The van der Waals surface area contributed by atoms with Gasteiger partial charge in [0.25, 0.3) is 5.91 Å². The third kappa shape index (κ3) is 6.27. The number of aromatic nitrogens is 1. The Labute approximate surface area is 162 Å². The van der Waals surface area contributed by atoms with Crippen molar-refractivity contribution in [1.29, 1.82) is 0 Å². The molecule has 2 aromatic rings. The molecule has 2 rings (SSSR count). The first-order valence-corrected chi connectivity index (χ1v) is 9.59. The Balaban J connectivity index is 1.93. The van der Waals surface area contributed by atoms with E-state index >= 15 is 0 Å². The molecular formula is C22H31N3O2. The fourth-order valence-electron chi connectivity index (χ4n) is 3.13. The predicted molar refractivity (Wildman–Crippen MR) is 110 cm³/mol. The van der Waals surface area contributed by atoms with Gasteiger partial charge >= 0.3 is 0 Å². The monoisotopic (exact) mass is 369 g/mol. The minimum Gasteiger partial charge on any atom is -0.493 e. The smallest absolute Gasteiger partial charge is 0.254 e. The number of nitrogens with one attached hydrogen (secondary N) is 1. The molecule has 0 unspecified atom stereocenters. The summed E-state index contributed by atoms with van der Waals surface area (Å²) in [6.45, 7) is 11.6. The zero-order chi connectivity index (χ0) is 19.8. The van der Waals surface area contributed by atoms with Crippen molar-refractivity contribution in [3.05, 3.63) is 53.9 Å². The molecule has 1 N–H and O–H groups in total. The van der Waals surface area contributed by atoms with Gasteiger partial charge in [0, 0.05) is 42.3 Å². The molecule has 146 valence electrons. The summed E-state index contributed by atoms with van der Waals surface area (Å²) in [5, 5.41) is 3.33. The lowest BCUT2D eigenvalue weighted by Gasteiger charge is -2.31. The van der Waals surface area contributed by atoms with Gasteiger partial charge in [0.15, 0.2) is 0 Å². The number of aryl methyl sites for hydroxylation is 1. The lowest BCUT2D eigenvalue weighted by Crippen LogP contribution is -2.42. The van der Waals surface area contributed by atoms with E-state index in [4.69, 9.17) is 4.74 Å². The molecule has 0 spiro atoms. The van der Waals surface area contributed by atoms with E-state index in [0.717, 1.165) is 30.0 Å². The molecule has 0 fully saturated rings. The molecule has 1 aromatic carbocycles. The third-order valence-corrected chi connectivity index (χ3v) is 4.24. The van der Waals surface area contributed by atoms with Gasteiger partial charge in [0.2, 0.25) is 0 Å². The highest BCUT2D eigenvalue weighted by atomic mass is 16.5. The standard InChI is InChI=1S/C22H31N3O2/c1-16(2)25(17(3)4)22(26)19-13-18(5)14-21(15-19)27-12-6-9-24-20-7-10-23-11-8-20/h7-8,10-11,13-17H,6,9,12H2,1-5H3,(H,23,24). The van der Waals surface area contributed by atoms with E-state index in [0.29, 0.717) is 12.2 Å². The van der Waals surface area contributed by atoms with Crippen LogP contribution >= 0.6 is 0 Å². The van der Waals surface area contributed by atoms with Gasteiger partial charge < -0.3 is 15.0 Å². The second-order valence-electron chi connectivity index (χ2n) is 7.30. The normalized spacial score (nSPS) is 10.9. The van der Waals surface area contributed by atoms with E-state index in [1.807, 2.05) is 69.9 Å². The van der Waals surface area contributed by atoms with E-state index in [1.165, 1.54) is 0 Å². The van der Waals surface area contributed by atoms with Gasteiger partial charge in [-0.15, -0.1) is 0 Å². The third-order valence-electron chi connectivity index (χ3n) is 4.24. The molecule has 0 saturated carbocycles. The number of hydrogen-bond acceptors (Lipinski definition) is 4. The maximum atomic E-state index is 12.9. The highest BCUT2D eigenvalue weighted by molar-refractivity contribution is 5.95. The van der Waals surface area contributed by atoms with Crippen molar-refractivity contribution in [1.82, 2.24) is 9.88 Å². The first-order chi connectivity index (χ1) is 12.9. The van der Waals surface area contributed by atoms with Crippen molar-refractivity contribution in [2.75, 3.05) is 18.5 Å². The van der Waals surface area contributed by atoms with Crippen LogP contribution in [-0.4, -0.2) is 41.0 Å². The largest absolute Gasteiger partial charge is 0.493 e. The molecule has 5 heteroatoms. The summed E-state index contributed by atoms with van der Waals surface area (Å²) in [5.74, 6) is 0.794. The summed E-state index contributed by atoms with van der Waals surface area (Å²) in [4.78, 5) is 18.8. The van der Waals surface area contributed by atoms with Crippen LogP contribution in [0, 0.1) is 6.92 Å². The molecule has 0 aliphatic rings. The minimum absolute atomic E-state index is 0.0490. The summed E-state index contributed by atoms with van der Waals surface area (Å²) in [5.41, 5.74) is 2.76. The van der Waals surface area contributed by atoms with Gasteiger partial charge in [-0.25, -0.2) is 0 Å². The van der Waals surface area contributed by atoms with E-state index in [-0.39, 0.29) is 18.0 Å². The highest BCUT2D eigenvalue weighted by Crippen LogP contribution is 2.20. The predicted octanol–water partition coefficient (Wildman–Crippen LogP) is 4.53. The van der Waals surface area contributed by atoms with Gasteiger partial charge in [-0.1, -0.05) is 0 Å². The van der Waals surface area contributed by atoms with E-state index in [1.54, 1.807) is 12.4 Å². The number of pyridine rings is 1. The number of amides is 1. The lowest BCUT2D eigenvalue weighted by atomic mass is 10.1. The SMILES string of the molecule is Cc1cc(OCCCNc2ccncc2)cc(C(=O)N(C(C)C)C(C)C)c1. The maximum Gasteiger partial charge on any atom is 0.254 e. The number of ether oxygens (including phenoxy) is 1. The van der Waals surface area contributed by atoms with E-state index in [9.17, 15) is 4.79 Å².